The first-order valence-corrected chi connectivity index (χ1v) is 6.16. The van der Waals surface area contributed by atoms with Crippen molar-refractivity contribution in [3.8, 4) is 0 Å². The number of halogens is 3. The molecule has 2 rings (SSSR count). The maximum Gasteiger partial charge on any atom is 0.307 e. The van der Waals surface area contributed by atoms with E-state index in [1.54, 1.807) is 0 Å². The molecule has 1 N–H and O–H groups in total. The summed E-state index contributed by atoms with van der Waals surface area (Å²) >= 11 is 17.2. The van der Waals surface area contributed by atoms with Crippen LogP contribution in [-0.2, 0) is 4.79 Å². The van der Waals surface area contributed by atoms with Gasteiger partial charge in [-0.3, -0.25) is 4.79 Å². The number of rotatable bonds is 3. The fourth-order valence-corrected chi connectivity index (χ4v) is 2.67. The van der Waals surface area contributed by atoms with Crippen molar-refractivity contribution in [3.05, 3.63) is 45.4 Å². The number of allylic oxidation sites excluding steroid dienone is 1. The first-order chi connectivity index (χ1) is 8.04. The van der Waals surface area contributed by atoms with Gasteiger partial charge in [-0.1, -0.05) is 65.1 Å². The summed E-state index contributed by atoms with van der Waals surface area (Å²) in [5.41, 5.74) is 0.942. The summed E-state index contributed by atoms with van der Waals surface area (Å²) in [6, 6.07) is 9.37. The zero-order valence-corrected chi connectivity index (χ0v) is 10.9. The first kappa shape index (κ1) is 12.7. The second-order valence-corrected chi connectivity index (χ2v) is 5.29. The Labute approximate surface area is 114 Å². The van der Waals surface area contributed by atoms with Crippen molar-refractivity contribution in [2.24, 2.45) is 11.8 Å². The lowest BCUT2D eigenvalue weighted by Crippen LogP contribution is -2.00. The third-order valence-corrected chi connectivity index (χ3v) is 4.00. The van der Waals surface area contributed by atoms with Gasteiger partial charge in [0.2, 0.25) is 0 Å². The van der Waals surface area contributed by atoms with E-state index in [2.05, 4.69) is 0 Å². The van der Waals surface area contributed by atoms with E-state index in [1.807, 2.05) is 30.3 Å². The molecule has 1 fully saturated rings. The van der Waals surface area contributed by atoms with Gasteiger partial charge in [0.15, 0.2) is 0 Å². The Morgan fingerprint density at radius 3 is 2.12 bits per heavy atom. The summed E-state index contributed by atoms with van der Waals surface area (Å²) < 4.78 is -0.0543. The molecule has 17 heavy (non-hydrogen) atoms. The second-order valence-electron chi connectivity index (χ2n) is 3.93. The van der Waals surface area contributed by atoms with Crippen LogP contribution >= 0.6 is 34.8 Å². The Morgan fingerprint density at radius 2 is 1.65 bits per heavy atom. The molecule has 1 aromatic rings. The van der Waals surface area contributed by atoms with Crippen LogP contribution in [0.4, 0.5) is 0 Å². The smallest absolute Gasteiger partial charge is 0.307 e. The quantitative estimate of drug-likeness (QED) is 0.914. The van der Waals surface area contributed by atoms with E-state index in [-0.39, 0.29) is 21.4 Å². The lowest BCUT2D eigenvalue weighted by atomic mass is 10.1. The minimum atomic E-state index is -0.878. The second kappa shape index (κ2) is 4.89. The van der Waals surface area contributed by atoms with Gasteiger partial charge in [0.05, 0.1) is 11.0 Å². The molecule has 5 heteroatoms. The number of carboxylic acid groups (broad SMARTS) is 1. The molecule has 1 aliphatic carbocycles. The topological polar surface area (TPSA) is 37.3 Å². The molecule has 0 aliphatic heterocycles. The summed E-state index contributed by atoms with van der Waals surface area (Å²) in [7, 11) is 0. The van der Waals surface area contributed by atoms with Crippen molar-refractivity contribution in [2.75, 3.05) is 0 Å². The van der Waals surface area contributed by atoms with E-state index in [9.17, 15) is 4.79 Å². The molecule has 3 atom stereocenters. The highest BCUT2D eigenvalue weighted by atomic mass is 35.5. The fourth-order valence-electron chi connectivity index (χ4n) is 2.15. The van der Waals surface area contributed by atoms with Gasteiger partial charge >= 0.3 is 5.97 Å². The van der Waals surface area contributed by atoms with Gasteiger partial charge in [-0.2, -0.15) is 0 Å². The molecular formula is C12H9Cl3O2. The van der Waals surface area contributed by atoms with E-state index in [0.717, 1.165) is 5.56 Å². The van der Waals surface area contributed by atoms with Crippen molar-refractivity contribution >= 4 is 40.8 Å². The average molecular weight is 292 g/mol. The normalized spacial score (nSPS) is 26.4. The maximum atomic E-state index is 11.1. The number of aliphatic carboxylic acids is 1. The molecule has 0 bridgehead atoms. The molecule has 0 saturated heterocycles. The SMILES string of the molecule is O=C(O)C1C(C(Cl)=C(Cl)Cl)C1c1ccccc1. The standard InChI is InChI=1S/C12H9Cl3O2/c13-10(11(14)15)8-7(9(8)12(16)17)6-4-2-1-3-5-6/h1-5,7-9H,(H,16,17). The molecule has 0 radical (unpaired) electrons. The van der Waals surface area contributed by atoms with Gasteiger partial charge in [0.25, 0.3) is 0 Å². The van der Waals surface area contributed by atoms with Crippen molar-refractivity contribution in [1.82, 2.24) is 0 Å². The highest BCUT2D eigenvalue weighted by Crippen LogP contribution is 2.59. The molecular weight excluding hydrogens is 282 g/mol. The van der Waals surface area contributed by atoms with Gasteiger partial charge < -0.3 is 5.11 Å². The third kappa shape index (κ3) is 2.44. The number of hydrogen-bond donors (Lipinski definition) is 1. The number of carboxylic acids is 1. The van der Waals surface area contributed by atoms with Crippen LogP contribution in [0.2, 0.25) is 0 Å². The summed E-state index contributed by atoms with van der Waals surface area (Å²) in [6.07, 6.45) is 0. The van der Waals surface area contributed by atoms with Crippen LogP contribution in [0.25, 0.3) is 0 Å². The molecule has 0 aromatic heterocycles. The van der Waals surface area contributed by atoms with E-state index in [0.29, 0.717) is 0 Å². The van der Waals surface area contributed by atoms with Crippen molar-refractivity contribution in [1.29, 1.82) is 0 Å². The Kier molecular flexibility index (Phi) is 3.67. The predicted molar refractivity (Wildman–Crippen MR) is 68.4 cm³/mol. The Morgan fingerprint density at radius 1 is 1.06 bits per heavy atom. The van der Waals surface area contributed by atoms with Crippen LogP contribution in [0.15, 0.2) is 39.9 Å². The zero-order chi connectivity index (χ0) is 12.6. The maximum absolute atomic E-state index is 11.1. The van der Waals surface area contributed by atoms with E-state index in [4.69, 9.17) is 39.9 Å². The van der Waals surface area contributed by atoms with Crippen LogP contribution in [0.1, 0.15) is 11.5 Å². The molecule has 90 valence electrons. The number of carbonyl (C=O) groups is 1. The third-order valence-electron chi connectivity index (χ3n) is 2.96. The molecule has 3 unspecified atom stereocenters. The zero-order valence-electron chi connectivity index (χ0n) is 8.61. The van der Waals surface area contributed by atoms with E-state index >= 15 is 0 Å². The molecule has 1 saturated carbocycles. The Balaban J connectivity index is 2.30. The number of hydrogen-bond acceptors (Lipinski definition) is 1. The molecule has 0 amide bonds. The van der Waals surface area contributed by atoms with Crippen LogP contribution in [-0.4, -0.2) is 11.1 Å². The molecule has 0 heterocycles. The minimum Gasteiger partial charge on any atom is -0.481 e. The lowest BCUT2D eigenvalue weighted by Gasteiger charge is -1.98. The fraction of sp³-hybridized carbons (Fsp3) is 0.250. The molecule has 0 spiro atoms. The summed E-state index contributed by atoms with van der Waals surface area (Å²) in [5.74, 6) is -1.88. The van der Waals surface area contributed by atoms with Crippen LogP contribution in [0.3, 0.4) is 0 Å². The van der Waals surface area contributed by atoms with Gasteiger partial charge in [0.1, 0.15) is 4.49 Å². The highest BCUT2D eigenvalue weighted by molar-refractivity contribution is 6.59. The molecule has 1 aliphatic rings. The highest BCUT2D eigenvalue weighted by Gasteiger charge is 2.57. The van der Waals surface area contributed by atoms with Crippen LogP contribution < -0.4 is 0 Å². The van der Waals surface area contributed by atoms with Gasteiger partial charge in [0, 0.05) is 11.8 Å². The van der Waals surface area contributed by atoms with Gasteiger partial charge in [-0.15, -0.1) is 0 Å². The molecule has 1 aromatic carbocycles. The summed E-state index contributed by atoms with van der Waals surface area (Å²) in [6.45, 7) is 0. The van der Waals surface area contributed by atoms with Crippen molar-refractivity contribution in [2.45, 2.75) is 5.92 Å². The Hall–Kier alpha value is -0.700. The van der Waals surface area contributed by atoms with Crippen molar-refractivity contribution < 1.29 is 9.90 Å². The monoisotopic (exact) mass is 290 g/mol. The van der Waals surface area contributed by atoms with Crippen molar-refractivity contribution in [3.63, 3.8) is 0 Å². The minimum absolute atomic E-state index is 0.0543. The van der Waals surface area contributed by atoms with Crippen LogP contribution in [0, 0.1) is 11.8 Å². The first-order valence-electron chi connectivity index (χ1n) is 5.02. The van der Waals surface area contributed by atoms with Gasteiger partial charge in [-0.25, -0.2) is 0 Å². The lowest BCUT2D eigenvalue weighted by molar-refractivity contribution is -0.138. The predicted octanol–water partition coefficient (Wildman–Crippen LogP) is 3.99. The average Bonchev–Trinajstić information content (AvgIpc) is 3.04. The number of benzene rings is 1. The van der Waals surface area contributed by atoms with Gasteiger partial charge in [-0.05, 0) is 5.56 Å². The van der Waals surface area contributed by atoms with Crippen LogP contribution in [0.5, 0.6) is 0 Å². The largest absolute Gasteiger partial charge is 0.481 e. The van der Waals surface area contributed by atoms with E-state index < -0.39 is 11.9 Å². The van der Waals surface area contributed by atoms with E-state index in [1.165, 1.54) is 0 Å². The molecule has 2 nitrogen and oxygen atoms in total. The Bertz CT molecular complexity index is 466. The summed E-state index contributed by atoms with van der Waals surface area (Å²) in [4.78, 5) is 11.1. The summed E-state index contributed by atoms with van der Waals surface area (Å²) in [5, 5.41) is 9.35.